The molecule has 0 bridgehead atoms. The van der Waals surface area contributed by atoms with E-state index < -0.39 is 0 Å². The predicted octanol–water partition coefficient (Wildman–Crippen LogP) is 0.564. The summed E-state index contributed by atoms with van der Waals surface area (Å²) in [5, 5.41) is 0.534. The molecule has 1 amide bonds. The van der Waals surface area contributed by atoms with Crippen LogP contribution in [0.5, 0.6) is 0 Å². The lowest BCUT2D eigenvalue weighted by Gasteiger charge is -2.34. The van der Waals surface area contributed by atoms with Crippen LogP contribution in [0.1, 0.15) is 6.42 Å². The first-order valence-corrected chi connectivity index (χ1v) is 8.07. The normalized spacial score (nSPS) is 15.4. The van der Waals surface area contributed by atoms with E-state index in [1.54, 1.807) is 23.1 Å². The Hall–Kier alpha value is -2.65. The molecule has 6 heteroatoms. The quantitative estimate of drug-likeness (QED) is 0.771. The second-order valence-corrected chi connectivity index (χ2v) is 5.87. The summed E-state index contributed by atoms with van der Waals surface area (Å²) in [7, 11) is 0. The van der Waals surface area contributed by atoms with Crippen molar-refractivity contribution < 1.29 is 4.79 Å². The number of fused-ring (bicyclic) bond motifs is 1. The number of nitrogens with zero attached hydrogens (tertiary/aromatic N) is 4. The summed E-state index contributed by atoms with van der Waals surface area (Å²) >= 11 is 0. The third kappa shape index (κ3) is 3.47. The van der Waals surface area contributed by atoms with E-state index in [0.29, 0.717) is 24.0 Å². The molecule has 0 atom stereocenters. The number of terminal acetylenes is 1. The van der Waals surface area contributed by atoms with Crippen LogP contribution in [-0.4, -0.2) is 58.0 Å². The Morgan fingerprint density at radius 1 is 1.21 bits per heavy atom. The lowest BCUT2D eigenvalue weighted by Crippen LogP contribution is -2.50. The third-order valence-corrected chi connectivity index (χ3v) is 4.33. The van der Waals surface area contributed by atoms with Crippen LogP contribution >= 0.6 is 0 Å². The molecule has 2 aromatic rings. The topological polar surface area (TPSA) is 58.4 Å². The van der Waals surface area contributed by atoms with Crippen molar-refractivity contribution in [3.8, 4) is 12.3 Å². The van der Waals surface area contributed by atoms with Crippen molar-refractivity contribution >= 4 is 16.8 Å². The van der Waals surface area contributed by atoms with Gasteiger partial charge in [0, 0.05) is 39.1 Å². The first kappa shape index (κ1) is 16.2. The van der Waals surface area contributed by atoms with Gasteiger partial charge >= 0.3 is 0 Å². The number of carbonyl (C=O) groups is 1. The summed E-state index contributed by atoms with van der Waals surface area (Å²) < 4.78 is 1.38. The first-order chi connectivity index (χ1) is 11.7. The molecule has 1 aliphatic rings. The van der Waals surface area contributed by atoms with E-state index in [2.05, 4.69) is 15.8 Å². The molecular weight excluding hydrogens is 304 g/mol. The molecular formula is C18H20N4O2. The van der Waals surface area contributed by atoms with Gasteiger partial charge in [0.25, 0.3) is 5.56 Å². The van der Waals surface area contributed by atoms with E-state index in [1.165, 1.54) is 10.9 Å². The van der Waals surface area contributed by atoms with Crippen LogP contribution in [0.2, 0.25) is 0 Å². The van der Waals surface area contributed by atoms with Crippen LogP contribution in [-0.2, 0) is 11.3 Å². The van der Waals surface area contributed by atoms with Crippen LogP contribution in [0.25, 0.3) is 10.9 Å². The second-order valence-electron chi connectivity index (χ2n) is 5.87. The van der Waals surface area contributed by atoms with Gasteiger partial charge in [0.2, 0.25) is 5.91 Å². The lowest BCUT2D eigenvalue weighted by molar-refractivity contribution is -0.133. The van der Waals surface area contributed by atoms with Gasteiger partial charge in [-0.15, -0.1) is 12.3 Å². The molecule has 0 saturated carbocycles. The van der Waals surface area contributed by atoms with Crippen molar-refractivity contribution in [2.45, 2.75) is 13.0 Å². The maximum Gasteiger partial charge on any atom is 0.261 e. The summed E-state index contributed by atoms with van der Waals surface area (Å²) in [5.41, 5.74) is 0.468. The Bertz CT molecular complexity index is 829. The molecule has 0 N–H and O–H groups in total. The van der Waals surface area contributed by atoms with E-state index in [4.69, 9.17) is 6.42 Å². The van der Waals surface area contributed by atoms with Crippen molar-refractivity contribution in [3.05, 3.63) is 40.9 Å². The molecule has 1 saturated heterocycles. The average Bonchev–Trinajstić information content (AvgIpc) is 2.63. The Morgan fingerprint density at radius 3 is 2.71 bits per heavy atom. The van der Waals surface area contributed by atoms with Gasteiger partial charge in [0.1, 0.15) is 6.54 Å². The van der Waals surface area contributed by atoms with Crippen LogP contribution in [0.3, 0.4) is 0 Å². The minimum absolute atomic E-state index is 0.0288. The van der Waals surface area contributed by atoms with Crippen molar-refractivity contribution in [1.29, 1.82) is 0 Å². The van der Waals surface area contributed by atoms with Gasteiger partial charge in [0.05, 0.1) is 17.2 Å². The molecule has 2 heterocycles. The Balaban J connectivity index is 1.65. The van der Waals surface area contributed by atoms with E-state index >= 15 is 0 Å². The van der Waals surface area contributed by atoms with Crippen molar-refractivity contribution in [1.82, 2.24) is 19.4 Å². The maximum atomic E-state index is 12.5. The number of para-hydroxylation sites is 1. The summed E-state index contributed by atoms with van der Waals surface area (Å²) in [6.45, 7) is 3.86. The molecule has 6 nitrogen and oxygen atoms in total. The van der Waals surface area contributed by atoms with Gasteiger partial charge < -0.3 is 4.90 Å². The molecule has 24 heavy (non-hydrogen) atoms. The van der Waals surface area contributed by atoms with Gasteiger partial charge in [-0.1, -0.05) is 12.1 Å². The van der Waals surface area contributed by atoms with Crippen molar-refractivity contribution in [2.75, 3.05) is 32.7 Å². The maximum absolute atomic E-state index is 12.5. The van der Waals surface area contributed by atoms with Crippen molar-refractivity contribution in [3.63, 3.8) is 0 Å². The summed E-state index contributed by atoms with van der Waals surface area (Å²) in [4.78, 5) is 33.2. The number of benzene rings is 1. The molecule has 3 rings (SSSR count). The molecule has 0 unspecified atom stereocenters. The number of hydrogen-bond acceptors (Lipinski definition) is 4. The van der Waals surface area contributed by atoms with Crippen LogP contribution in [0.4, 0.5) is 0 Å². The van der Waals surface area contributed by atoms with E-state index in [9.17, 15) is 9.59 Å². The summed E-state index contributed by atoms with van der Waals surface area (Å²) in [6, 6.07) is 7.16. The molecule has 0 spiro atoms. The highest BCUT2D eigenvalue weighted by molar-refractivity contribution is 5.79. The molecule has 1 aromatic carbocycles. The van der Waals surface area contributed by atoms with Crippen LogP contribution < -0.4 is 5.56 Å². The van der Waals surface area contributed by atoms with E-state index in [-0.39, 0.29) is 18.0 Å². The summed E-state index contributed by atoms with van der Waals surface area (Å²) in [6.07, 6.45) is 7.46. The van der Waals surface area contributed by atoms with Gasteiger partial charge in [-0.3, -0.25) is 19.1 Å². The monoisotopic (exact) mass is 324 g/mol. The lowest BCUT2D eigenvalue weighted by atomic mass is 10.2. The highest BCUT2D eigenvalue weighted by Crippen LogP contribution is 2.06. The van der Waals surface area contributed by atoms with Crippen LogP contribution in [0, 0.1) is 12.3 Å². The molecule has 124 valence electrons. The molecule has 0 radical (unpaired) electrons. The number of amides is 1. The Morgan fingerprint density at radius 2 is 1.96 bits per heavy atom. The van der Waals surface area contributed by atoms with E-state index in [1.807, 2.05) is 6.07 Å². The number of aromatic nitrogens is 2. The SMILES string of the molecule is C#CCCN1CCN(C(=O)Cn2cnc3ccccc3c2=O)CC1. The number of piperazine rings is 1. The minimum Gasteiger partial charge on any atom is -0.339 e. The number of hydrogen-bond donors (Lipinski definition) is 0. The van der Waals surface area contributed by atoms with Gasteiger partial charge in [-0.05, 0) is 12.1 Å². The highest BCUT2D eigenvalue weighted by atomic mass is 16.2. The fourth-order valence-electron chi connectivity index (χ4n) is 2.91. The second kappa shape index (κ2) is 7.28. The Labute approximate surface area is 140 Å². The average molecular weight is 324 g/mol. The zero-order valence-corrected chi connectivity index (χ0v) is 13.5. The fourth-order valence-corrected chi connectivity index (χ4v) is 2.91. The smallest absolute Gasteiger partial charge is 0.261 e. The van der Waals surface area contributed by atoms with Gasteiger partial charge in [0.15, 0.2) is 0 Å². The third-order valence-electron chi connectivity index (χ3n) is 4.33. The van der Waals surface area contributed by atoms with Crippen LogP contribution in [0.15, 0.2) is 35.4 Å². The first-order valence-electron chi connectivity index (χ1n) is 8.07. The number of rotatable bonds is 4. The highest BCUT2D eigenvalue weighted by Gasteiger charge is 2.21. The largest absolute Gasteiger partial charge is 0.339 e. The fraction of sp³-hybridized carbons (Fsp3) is 0.389. The predicted molar refractivity (Wildman–Crippen MR) is 92.5 cm³/mol. The standard InChI is InChI=1S/C18H20N4O2/c1-2-3-8-20-9-11-21(12-10-20)17(23)13-22-14-19-16-7-5-4-6-15(16)18(22)24/h1,4-7,14H,3,8-13H2. The molecule has 1 fully saturated rings. The minimum atomic E-state index is -0.179. The zero-order valence-electron chi connectivity index (χ0n) is 13.5. The van der Waals surface area contributed by atoms with E-state index in [0.717, 1.165) is 26.1 Å². The van der Waals surface area contributed by atoms with Gasteiger partial charge in [-0.2, -0.15) is 0 Å². The van der Waals surface area contributed by atoms with Gasteiger partial charge in [-0.25, -0.2) is 4.98 Å². The zero-order chi connectivity index (χ0) is 16.9. The Kier molecular flexibility index (Phi) is 4.92. The molecule has 0 aliphatic carbocycles. The number of carbonyl (C=O) groups excluding carboxylic acids is 1. The summed E-state index contributed by atoms with van der Waals surface area (Å²) in [5.74, 6) is 2.59. The molecule has 1 aromatic heterocycles. The van der Waals surface area contributed by atoms with Crippen molar-refractivity contribution in [2.24, 2.45) is 0 Å². The molecule has 1 aliphatic heterocycles.